The van der Waals surface area contributed by atoms with Gasteiger partial charge < -0.3 is 15.0 Å². The maximum atomic E-state index is 12.8. The first kappa shape index (κ1) is 19.9. The molecule has 2 amide bonds. The van der Waals surface area contributed by atoms with Crippen LogP contribution in [0.5, 0.6) is 5.75 Å². The second-order valence-corrected chi connectivity index (χ2v) is 7.51. The number of thiazole rings is 1. The van der Waals surface area contributed by atoms with Crippen LogP contribution in [0.25, 0.3) is 0 Å². The molecule has 1 N–H and O–H groups in total. The van der Waals surface area contributed by atoms with E-state index in [9.17, 15) is 9.59 Å². The molecule has 6 nitrogen and oxygen atoms in total. The lowest BCUT2D eigenvalue weighted by atomic mass is 10.0. The predicted molar refractivity (Wildman–Crippen MR) is 102 cm³/mol. The van der Waals surface area contributed by atoms with Gasteiger partial charge in [0.2, 0.25) is 5.91 Å². The number of benzene rings is 1. The molecule has 1 aromatic heterocycles. The Balaban J connectivity index is 1.91. The third-order valence-electron chi connectivity index (χ3n) is 3.80. The first-order chi connectivity index (χ1) is 12.4. The normalized spacial score (nSPS) is 11.9. The Hall–Kier alpha value is -2.41. The molecule has 0 aliphatic rings. The number of hydrogen-bond donors (Lipinski definition) is 1. The predicted octanol–water partition coefficient (Wildman–Crippen LogP) is 2.63. The average molecular weight is 375 g/mol. The van der Waals surface area contributed by atoms with Gasteiger partial charge in [0.05, 0.1) is 17.2 Å². The molecule has 0 fully saturated rings. The van der Waals surface area contributed by atoms with Crippen molar-refractivity contribution in [3.63, 3.8) is 0 Å². The fourth-order valence-corrected chi connectivity index (χ4v) is 3.04. The van der Waals surface area contributed by atoms with E-state index >= 15 is 0 Å². The van der Waals surface area contributed by atoms with Gasteiger partial charge in [-0.1, -0.05) is 32.0 Å². The smallest absolute Gasteiger partial charge is 0.258 e. The number of nitrogens with one attached hydrogen (secondary N) is 1. The number of likely N-dealkylation sites (N-methyl/N-ethyl adjacent to an activating group) is 1. The van der Waals surface area contributed by atoms with E-state index in [-0.39, 0.29) is 24.3 Å². The second-order valence-electron chi connectivity index (χ2n) is 6.44. The van der Waals surface area contributed by atoms with E-state index in [0.29, 0.717) is 12.3 Å². The van der Waals surface area contributed by atoms with Crippen molar-refractivity contribution in [3.8, 4) is 5.75 Å². The molecule has 0 saturated carbocycles. The van der Waals surface area contributed by atoms with Gasteiger partial charge in [-0.25, -0.2) is 4.98 Å². The summed E-state index contributed by atoms with van der Waals surface area (Å²) in [5, 5.41) is 5.69. The van der Waals surface area contributed by atoms with Crippen LogP contribution in [0.15, 0.2) is 35.7 Å². The van der Waals surface area contributed by atoms with E-state index in [0.717, 1.165) is 10.7 Å². The summed E-state index contributed by atoms with van der Waals surface area (Å²) < 4.78 is 5.44. The summed E-state index contributed by atoms with van der Waals surface area (Å²) in [5.74, 6) is 0.117. The molecule has 0 saturated heterocycles. The van der Waals surface area contributed by atoms with Crippen molar-refractivity contribution >= 4 is 23.2 Å². The SMILES string of the molecule is Cc1nc(CN(C)C(=O)C(NC(=O)COc2ccccc2)C(C)C)cs1. The second kappa shape index (κ2) is 9.33. The van der Waals surface area contributed by atoms with Gasteiger partial charge >= 0.3 is 0 Å². The zero-order valence-electron chi connectivity index (χ0n) is 15.6. The fourth-order valence-electron chi connectivity index (χ4n) is 2.43. The Bertz CT molecular complexity index is 731. The zero-order chi connectivity index (χ0) is 19.1. The van der Waals surface area contributed by atoms with Crippen molar-refractivity contribution in [2.45, 2.75) is 33.4 Å². The minimum Gasteiger partial charge on any atom is -0.484 e. The molecule has 0 aliphatic heterocycles. The zero-order valence-corrected chi connectivity index (χ0v) is 16.4. The van der Waals surface area contributed by atoms with Crippen molar-refractivity contribution in [3.05, 3.63) is 46.4 Å². The van der Waals surface area contributed by atoms with Crippen LogP contribution in [0.1, 0.15) is 24.5 Å². The lowest BCUT2D eigenvalue weighted by Crippen LogP contribution is -2.51. The van der Waals surface area contributed by atoms with Gasteiger partial charge in [0.25, 0.3) is 5.91 Å². The van der Waals surface area contributed by atoms with E-state index in [1.807, 2.05) is 44.4 Å². The third kappa shape index (κ3) is 5.84. The van der Waals surface area contributed by atoms with E-state index < -0.39 is 6.04 Å². The van der Waals surface area contributed by atoms with Crippen LogP contribution < -0.4 is 10.1 Å². The van der Waals surface area contributed by atoms with E-state index in [2.05, 4.69) is 10.3 Å². The van der Waals surface area contributed by atoms with Crippen molar-refractivity contribution in [2.24, 2.45) is 5.92 Å². The Morgan fingerprint density at radius 1 is 1.27 bits per heavy atom. The topological polar surface area (TPSA) is 71.5 Å². The average Bonchev–Trinajstić information content (AvgIpc) is 3.02. The first-order valence-corrected chi connectivity index (χ1v) is 9.38. The van der Waals surface area contributed by atoms with Gasteiger partial charge in [0.1, 0.15) is 11.8 Å². The molecular formula is C19H25N3O3S. The molecule has 7 heteroatoms. The minimum absolute atomic E-state index is 0.0391. The van der Waals surface area contributed by atoms with Crippen LogP contribution in [-0.4, -0.2) is 41.4 Å². The Kier molecular flexibility index (Phi) is 7.15. The fraction of sp³-hybridized carbons (Fsp3) is 0.421. The molecule has 1 atom stereocenters. The summed E-state index contributed by atoms with van der Waals surface area (Å²) >= 11 is 1.55. The molecule has 0 spiro atoms. The number of nitrogens with zero attached hydrogens (tertiary/aromatic N) is 2. The van der Waals surface area contributed by atoms with Gasteiger partial charge in [-0.2, -0.15) is 0 Å². The van der Waals surface area contributed by atoms with Gasteiger partial charge in [0.15, 0.2) is 6.61 Å². The molecular weight excluding hydrogens is 350 g/mol. The molecule has 1 heterocycles. The first-order valence-electron chi connectivity index (χ1n) is 8.50. The molecule has 0 radical (unpaired) electrons. The van der Waals surface area contributed by atoms with E-state index in [4.69, 9.17) is 4.74 Å². The Morgan fingerprint density at radius 3 is 2.54 bits per heavy atom. The van der Waals surface area contributed by atoms with Crippen LogP contribution >= 0.6 is 11.3 Å². The number of amides is 2. The van der Waals surface area contributed by atoms with Gasteiger partial charge in [0, 0.05) is 12.4 Å². The molecule has 26 heavy (non-hydrogen) atoms. The highest BCUT2D eigenvalue weighted by Gasteiger charge is 2.27. The van der Waals surface area contributed by atoms with Gasteiger partial charge in [-0.15, -0.1) is 11.3 Å². The van der Waals surface area contributed by atoms with Crippen LogP contribution in [0.3, 0.4) is 0 Å². The summed E-state index contributed by atoms with van der Waals surface area (Å²) in [6.07, 6.45) is 0. The highest BCUT2D eigenvalue weighted by Crippen LogP contribution is 2.13. The Labute approximate surface area is 158 Å². The maximum absolute atomic E-state index is 12.8. The van der Waals surface area contributed by atoms with Gasteiger partial charge in [-0.05, 0) is 25.0 Å². The summed E-state index contributed by atoms with van der Waals surface area (Å²) in [4.78, 5) is 30.9. The largest absolute Gasteiger partial charge is 0.484 e. The summed E-state index contributed by atoms with van der Waals surface area (Å²) in [7, 11) is 1.72. The van der Waals surface area contributed by atoms with E-state index in [1.54, 1.807) is 35.4 Å². The number of ether oxygens (including phenoxy) is 1. The highest BCUT2D eigenvalue weighted by atomic mass is 32.1. The van der Waals surface area contributed by atoms with Gasteiger partial charge in [-0.3, -0.25) is 9.59 Å². The monoisotopic (exact) mass is 375 g/mol. The molecule has 0 aliphatic carbocycles. The van der Waals surface area contributed by atoms with Crippen LogP contribution in [0.4, 0.5) is 0 Å². The maximum Gasteiger partial charge on any atom is 0.258 e. The van der Waals surface area contributed by atoms with Crippen molar-refractivity contribution in [1.29, 1.82) is 0 Å². The number of carbonyl (C=O) groups is 2. The molecule has 1 aromatic carbocycles. The van der Waals surface area contributed by atoms with Crippen LogP contribution in [0, 0.1) is 12.8 Å². The minimum atomic E-state index is -0.605. The lowest BCUT2D eigenvalue weighted by molar-refractivity contribution is -0.137. The summed E-state index contributed by atoms with van der Waals surface area (Å²) in [6, 6.07) is 8.50. The highest BCUT2D eigenvalue weighted by molar-refractivity contribution is 7.09. The van der Waals surface area contributed by atoms with Crippen molar-refractivity contribution in [2.75, 3.05) is 13.7 Å². The number of carbonyl (C=O) groups excluding carboxylic acids is 2. The summed E-state index contributed by atoms with van der Waals surface area (Å²) in [5.41, 5.74) is 0.851. The van der Waals surface area contributed by atoms with Crippen molar-refractivity contribution < 1.29 is 14.3 Å². The molecule has 140 valence electrons. The summed E-state index contributed by atoms with van der Waals surface area (Å²) in [6.45, 7) is 6.03. The Morgan fingerprint density at radius 2 is 1.96 bits per heavy atom. The number of aryl methyl sites for hydroxylation is 1. The van der Waals surface area contributed by atoms with Crippen molar-refractivity contribution in [1.82, 2.24) is 15.2 Å². The van der Waals surface area contributed by atoms with Crippen LogP contribution in [-0.2, 0) is 16.1 Å². The quantitative estimate of drug-likeness (QED) is 0.770. The molecule has 2 rings (SSSR count). The molecule has 2 aromatic rings. The standard InChI is InChI=1S/C19H25N3O3S/c1-13(2)18(19(24)22(4)10-15-12-26-14(3)20-15)21-17(23)11-25-16-8-6-5-7-9-16/h5-9,12-13,18H,10-11H2,1-4H3,(H,21,23). The third-order valence-corrected chi connectivity index (χ3v) is 4.63. The molecule has 1 unspecified atom stereocenters. The number of para-hydroxylation sites is 1. The molecule has 0 bridgehead atoms. The van der Waals surface area contributed by atoms with E-state index in [1.165, 1.54) is 0 Å². The number of aromatic nitrogens is 1. The number of hydrogen-bond acceptors (Lipinski definition) is 5. The number of rotatable bonds is 8. The lowest BCUT2D eigenvalue weighted by Gasteiger charge is -2.26. The van der Waals surface area contributed by atoms with Crippen LogP contribution in [0.2, 0.25) is 0 Å².